The van der Waals surface area contributed by atoms with E-state index in [4.69, 9.17) is 0 Å². The van der Waals surface area contributed by atoms with Gasteiger partial charge >= 0.3 is 6.18 Å². The number of carbonyl (C=O) groups excluding carboxylic acids is 2. The molecule has 1 N–H and O–H groups in total. The lowest BCUT2D eigenvalue weighted by atomic mass is 10.1. The summed E-state index contributed by atoms with van der Waals surface area (Å²) in [6.07, 6.45) is -4.52. The van der Waals surface area contributed by atoms with E-state index in [9.17, 15) is 22.8 Å². The third kappa shape index (κ3) is 3.71. The number of benzene rings is 2. The molecular formula is C19H17F3N2O2. The van der Waals surface area contributed by atoms with Crippen molar-refractivity contribution in [3.63, 3.8) is 0 Å². The Balaban J connectivity index is 1.75. The summed E-state index contributed by atoms with van der Waals surface area (Å²) in [6, 6.07) is 11.8. The topological polar surface area (TPSA) is 49.4 Å². The summed E-state index contributed by atoms with van der Waals surface area (Å²) in [5, 5.41) is 2.78. The Morgan fingerprint density at radius 3 is 2.58 bits per heavy atom. The lowest BCUT2D eigenvalue weighted by Gasteiger charge is -2.18. The van der Waals surface area contributed by atoms with Gasteiger partial charge < -0.3 is 10.2 Å². The minimum atomic E-state index is -4.49. The number of halogens is 3. The van der Waals surface area contributed by atoms with Gasteiger partial charge in [-0.1, -0.05) is 24.3 Å². The zero-order valence-corrected chi connectivity index (χ0v) is 14.0. The Hall–Kier alpha value is -2.83. The predicted molar refractivity (Wildman–Crippen MR) is 91.7 cm³/mol. The largest absolute Gasteiger partial charge is 0.416 e. The van der Waals surface area contributed by atoms with Crippen molar-refractivity contribution < 1.29 is 22.8 Å². The molecule has 2 aromatic carbocycles. The van der Waals surface area contributed by atoms with E-state index < -0.39 is 17.7 Å². The highest BCUT2D eigenvalue weighted by Gasteiger charge is 2.37. The maximum atomic E-state index is 12.9. The van der Waals surface area contributed by atoms with Gasteiger partial charge in [0.1, 0.15) is 0 Å². The maximum Gasteiger partial charge on any atom is 0.416 e. The SMILES string of the molecule is Cc1ccccc1NC(=O)C1CC(=O)N(c2cccc(C(F)(F)F)c2)C1. The molecule has 2 amide bonds. The van der Waals surface area contributed by atoms with Crippen molar-refractivity contribution in [2.45, 2.75) is 19.5 Å². The summed E-state index contributed by atoms with van der Waals surface area (Å²) in [6.45, 7) is 1.90. The van der Waals surface area contributed by atoms with Gasteiger partial charge in [-0.3, -0.25) is 9.59 Å². The van der Waals surface area contributed by atoms with Gasteiger partial charge in [0.15, 0.2) is 0 Å². The van der Waals surface area contributed by atoms with E-state index in [2.05, 4.69) is 5.32 Å². The Kier molecular flexibility index (Phi) is 4.71. The summed E-state index contributed by atoms with van der Waals surface area (Å²) in [4.78, 5) is 25.9. The normalized spacial score (nSPS) is 17.5. The third-order valence-corrected chi connectivity index (χ3v) is 4.38. The average molecular weight is 362 g/mol. The molecular weight excluding hydrogens is 345 g/mol. The molecule has 1 aliphatic heterocycles. The van der Waals surface area contributed by atoms with Crippen LogP contribution in [0.2, 0.25) is 0 Å². The predicted octanol–water partition coefficient (Wildman–Crippen LogP) is 4.01. The molecule has 1 unspecified atom stereocenters. The number of nitrogens with one attached hydrogen (secondary N) is 1. The van der Waals surface area contributed by atoms with Crippen molar-refractivity contribution >= 4 is 23.2 Å². The zero-order chi connectivity index (χ0) is 18.9. The van der Waals surface area contributed by atoms with Crippen LogP contribution < -0.4 is 10.2 Å². The Labute approximate surface area is 148 Å². The molecule has 7 heteroatoms. The molecule has 2 aromatic rings. The van der Waals surface area contributed by atoms with Crippen molar-refractivity contribution in [3.8, 4) is 0 Å². The quantitative estimate of drug-likeness (QED) is 0.897. The molecule has 3 rings (SSSR count). The molecule has 1 aliphatic rings. The number of carbonyl (C=O) groups is 2. The second-order valence-corrected chi connectivity index (χ2v) is 6.26. The molecule has 1 heterocycles. The first kappa shape index (κ1) is 18.0. The molecule has 0 aromatic heterocycles. The van der Waals surface area contributed by atoms with Crippen LogP contribution >= 0.6 is 0 Å². The van der Waals surface area contributed by atoms with Gasteiger partial charge in [-0.15, -0.1) is 0 Å². The van der Waals surface area contributed by atoms with Crippen molar-refractivity contribution in [1.29, 1.82) is 0 Å². The molecule has 26 heavy (non-hydrogen) atoms. The van der Waals surface area contributed by atoms with Gasteiger partial charge in [-0.25, -0.2) is 0 Å². The fourth-order valence-electron chi connectivity index (χ4n) is 2.93. The van der Waals surface area contributed by atoms with E-state index in [0.717, 1.165) is 17.7 Å². The fourth-order valence-corrected chi connectivity index (χ4v) is 2.93. The van der Waals surface area contributed by atoms with E-state index in [1.807, 2.05) is 19.1 Å². The second-order valence-electron chi connectivity index (χ2n) is 6.26. The van der Waals surface area contributed by atoms with E-state index in [-0.39, 0.29) is 30.5 Å². The van der Waals surface area contributed by atoms with E-state index in [1.54, 1.807) is 12.1 Å². The number of aryl methyl sites for hydroxylation is 1. The number of alkyl halides is 3. The van der Waals surface area contributed by atoms with Crippen LogP contribution in [0.4, 0.5) is 24.5 Å². The minimum absolute atomic E-state index is 0.0338. The number of para-hydroxylation sites is 1. The number of anilines is 2. The molecule has 1 atom stereocenters. The summed E-state index contributed by atoms with van der Waals surface area (Å²) in [5.41, 5.74) is 0.869. The lowest BCUT2D eigenvalue weighted by molar-refractivity contribution is -0.137. The molecule has 136 valence electrons. The van der Waals surface area contributed by atoms with Gasteiger partial charge in [0.25, 0.3) is 0 Å². The smallest absolute Gasteiger partial charge is 0.326 e. The summed E-state index contributed by atoms with van der Waals surface area (Å²) >= 11 is 0. The van der Waals surface area contributed by atoms with Crippen LogP contribution in [0.25, 0.3) is 0 Å². The van der Waals surface area contributed by atoms with Gasteiger partial charge in [0.2, 0.25) is 11.8 Å². The number of hydrogen-bond donors (Lipinski definition) is 1. The maximum absolute atomic E-state index is 12.9. The first-order valence-electron chi connectivity index (χ1n) is 8.10. The molecule has 4 nitrogen and oxygen atoms in total. The monoisotopic (exact) mass is 362 g/mol. The van der Waals surface area contributed by atoms with Crippen molar-refractivity contribution in [1.82, 2.24) is 0 Å². The number of amides is 2. The summed E-state index contributed by atoms with van der Waals surface area (Å²) < 4.78 is 38.6. The van der Waals surface area contributed by atoms with Crippen LogP contribution in [0.15, 0.2) is 48.5 Å². The van der Waals surface area contributed by atoms with E-state index in [1.165, 1.54) is 17.0 Å². The van der Waals surface area contributed by atoms with E-state index >= 15 is 0 Å². The minimum Gasteiger partial charge on any atom is -0.326 e. The lowest BCUT2D eigenvalue weighted by Crippen LogP contribution is -2.28. The highest BCUT2D eigenvalue weighted by molar-refractivity contribution is 6.03. The van der Waals surface area contributed by atoms with Crippen LogP contribution in [0.3, 0.4) is 0 Å². The van der Waals surface area contributed by atoms with Gasteiger partial charge in [0, 0.05) is 24.3 Å². The Morgan fingerprint density at radius 1 is 1.15 bits per heavy atom. The summed E-state index contributed by atoms with van der Waals surface area (Å²) in [7, 11) is 0. The number of hydrogen-bond acceptors (Lipinski definition) is 2. The number of rotatable bonds is 3. The van der Waals surface area contributed by atoms with Crippen LogP contribution in [0, 0.1) is 12.8 Å². The first-order chi connectivity index (χ1) is 12.3. The average Bonchev–Trinajstić information content (AvgIpc) is 2.98. The molecule has 0 bridgehead atoms. The zero-order valence-electron chi connectivity index (χ0n) is 14.0. The van der Waals surface area contributed by atoms with Crippen LogP contribution in [-0.2, 0) is 15.8 Å². The van der Waals surface area contributed by atoms with Crippen molar-refractivity contribution in [2.24, 2.45) is 5.92 Å². The van der Waals surface area contributed by atoms with Crippen molar-refractivity contribution in [3.05, 3.63) is 59.7 Å². The Morgan fingerprint density at radius 2 is 1.88 bits per heavy atom. The second kappa shape index (κ2) is 6.82. The molecule has 0 saturated carbocycles. The molecule has 0 spiro atoms. The van der Waals surface area contributed by atoms with Gasteiger partial charge in [0.05, 0.1) is 11.5 Å². The molecule has 0 aliphatic carbocycles. The standard InChI is InChI=1S/C19H17F3N2O2/c1-12-5-2-3-8-16(12)23-18(26)13-9-17(25)24(11-13)15-7-4-6-14(10-15)19(20,21)22/h2-8,10,13H,9,11H2,1H3,(H,23,26). The van der Waals surface area contributed by atoms with E-state index in [0.29, 0.717) is 5.69 Å². The summed E-state index contributed by atoms with van der Waals surface area (Å²) in [5.74, 6) is -1.30. The third-order valence-electron chi connectivity index (χ3n) is 4.38. The fraction of sp³-hybridized carbons (Fsp3) is 0.263. The van der Waals surface area contributed by atoms with Crippen LogP contribution in [-0.4, -0.2) is 18.4 Å². The Bertz CT molecular complexity index is 849. The molecule has 1 fully saturated rings. The first-order valence-corrected chi connectivity index (χ1v) is 8.10. The number of nitrogens with zero attached hydrogens (tertiary/aromatic N) is 1. The van der Waals surface area contributed by atoms with Crippen molar-refractivity contribution in [2.75, 3.05) is 16.8 Å². The highest BCUT2D eigenvalue weighted by Crippen LogP contribution is 2.33. The molecule has 1 saturated heterocycles. The van der Waals surface area contributed by atoms with Crippen LogP contribution in [0.5, 0.6) is 0 Å². The van der Waals surface area contributed by atoms with Gasteiger partial charge in [-0.05, 0) is 36.8 Å². The highest BCUT2D eigenvalue weighted by atomic mass is 19.4. The van der Waals surface area contributed by atoms with Crippen LogP contribution in [0.1, 0.15) is 17.5 Å². The molecule has 0 radical (unpaired) electrons. The van der Waals surface area contributed by atoms with Gasteiger partial charge in [-0.2, -0.15) is 13.2 Å².